The Bertz CT molecular complexity index is 4770. The van der Waals surface area contributed by atoms with Gasteiger partial charge in [-0.25, -0.2) is 0 Å². The van der Waals surface area contributed by atoms with Gasteiger partial charge in [0.1, 0.15) is 0 Å². The quantitative estimate of drug-likeness (QED) is 0.115. The molecule has 2 aromatic heterocycles. The largest absolute Gasteiger partial charge is 0.534 e. The Kier molecular flexibility index (Phi) is 40.2. The van der Waals surface area contributed by atoms with Gasteiger partial charge in [0.2, 0.25) is 0 Å². The van der Waals surface area contributed by atoms with Crippen molar-refractivity contribution < 1.29 is 320 Å². The summed E-state index contributed by atoms with van der Waals surface area (Å²) < 4.78 is 70.6. The van der Waals surface area contributed by atoms with E-state index in [0.717, 1.165) is 33.0 Å². The molecular weight excluding hydrogens is 1940 g/mol. The number of benzene rings is 12. The third-order valence-electron chi connectivity index (χ3n) is 13.9. The van der Waals surface area contributed by atoms with E-state index in [1.54, 1.807) is 48.5 Å². The molecule has 0 saturated carbocycles. The van der Waals surface area contributed by atoms with Crippen LogP contribution in [0.2, 0.25) is 10.0 Å². The Morgan fingerprint density at radius 3 is 1.34 bits per heavy atom. The van der Waals surface area contributed by atoms with Gasteiger partial charge in [0.05, 0.1) is 26.5 Å². The van der Waals surface area contributed by atoms with E-state index in [0.29, 0.717) is 16.0 Å². The maximum atomic E-state index is 12.7. The number of nitrogens with zero attached hydrogens (tertiary/aromatic N) is 1. The summed E-state index contributed by atoms with van der Waals surface area (Å²) in [4.78, 5) is 2.41. The molecule has 0 aliphatic rings. The van der Waals surface area contributed by atoms with E-state index >= 15 is 0 Å². The van der Waals surface area contributed by atoms with Crippen LogP contribution in [0.4, 0.5) is 41.6 Å². The number of para-hydroxylation sites is 2. The van der Waals surface area contributed by atoms with Crippen LogP contribution in [0.25, 0.3) is 84.1 Å². The number of thiophene rings is 2. The number of alkyl halides is 3. The van der Waals surface area contributed by atoms with Crippen molar-refractivity contribution in [2.45, 2.75) is 12.9 Å². The van der Waals surface area contributed by atoms with Crippen molar-refractivity contribution in [1.82, 2.24) is 0 Å². The molecule has 0 fully saturated rings. The molecule has 9 radical (unpaired) electrons. The Morgan fingerprint density at radius 2 is 0.804 bits per heavy atom. The van der Waals surface area contributed by atoms with E-state index in [1.807, 2.05) is 53.0 Å². The Balaban J connectivity index is 0.000000466. The summed E-state index contributed by atoms with van der Waals surface area (Å²) in [6.07, 6.45) is 0. The number of fused-ring (bicyclic) bond motifs is 8. The third-order valence-corrected chi connectivity index (χ3v) is 17.8. The molecule has 0 aliphatic heterocycles. The van der Waals surface area contributed by atoms with Gasteiger partial charge in [-0.3, -0.25) is 0 Å². The fraction of sp³-hybridized carbons (Fsp3) is 0.0286. The maximum absolute atomic E-state index is 12.7. The van der Waals surface area contributed by atoms with Gasteiger partial charge >= 0.3 is 15.6 Å². The van der Waals surface area contributed by atoms with Crippen LogP contribution in [-0.2, 0) is 305 Å². The van der Waals surface area contributed by atoms with Crippen LogP contribution in [0.5, 0.6) is 5.75 Å². The molecule has 0 unspecified atom stereocenters. The zero-order valence-corrected chi connectivity index (χ0v) is 77.9. The van der Waals surface area contributed by atoms with Crippen molar-refractivity contribution in [1.29, 1.82) is 0 Å². The Morgan fingerprint density at radius 1 is 0.391 bits per heavy atom. The van der Waals surface area contributed by atoms with E-state index in [9.17, 15) is 21.6 Å². The molecule has 22 heteroatoms. The van der Waals surface area contributed by atoms with Crippen LogP contribution in [-0.4, -0.2) is 13.9 Å². The van der Waals surface area contributed by atoms with Crippen molar-refractivity contribution >= 4 is 146 Å². The number of anilines is 5. The zero-order valence-electron chi connectivity index (χ0n) is 48.4. The second-order valence-electron chi connectivity index (χ2n) is 19.0. The number of rotatable bonds is 9. The SMILES string of the molecule is C.Clc1ccc(-c2c(N(c3ccccc3)c3cccc4c3sc3ccccc34)ccc3ccccc23)cc1.O=S(=O)(Oc1ccc2ccccc2c1-c1ccc(Cl)cc1)C(F)(F)F.[Y].[Y].[Y].[Y].[Y].[Y].[Y].[Y].[Y].c1ccc(Nc2cccc3c2sc2ccccc23)cc1. The first kappa shape index (κ1) is 89.3. The number of hydrogen-bond acceptors (Lipinski definition) is 7. The van der Waals surface area contributed by atoms with Crippen LogP contribution in [0.1, 0.15) is 7.43 Å². The first-order valence-electron chi connectivity index (χ1n) is 25.9. The molecule has 5 nitrogen and oxygen atoms in total. The van der Waals surface area contributed by atoms with Crippen molar-refractivity contribution in [2.24, 2.45) is 0 Å². The summed E-state index contributed by atoms with van der Waals surface area (Å²) in [5.74, 6) is -0.404. The predicted octanol–water partition coefficient (Wildman–Crippen LogP) is 22.8. The molecule has 437 valence electrons. The van der Waals surface area contributed by atoms with Crippen LogP contribution >= 0.6 is 45.9 Å². The normalized spacial score (nSPS) is 10.3. The van der Waals surface area contributed by atoms with Crippen molar-refractivity contribution in [3.05, 3.63) is 277 Å². The van der Waals surface area contributed by atoms with Gasteiger partial charge in [-0.1, -0.05) is 213 Å². The monoisotopic (exact) mass is 1990 g/mol. The minimum atomic E-state index is -5.78. The molecule has 2 heterocycles. The van der Waals surface area contributed by atoms with Crippen LogP contribution < -0.4 is 14.4 Å². The minimum Gasteiger partial charge on any atom is -0.375 e. The molecule has 0 aliphatic carbocycles. The summed E-state index contributed by atoms with van der Waals surface area (Å²) in [5.41, 5.74) is 3.27. The number of halogens is 5. The summed E-state index contributed by atoms with van der Waals surface area (Å²) in [6.45, 7) is 0. The van der Waals surface area contributed by atoms with Crippen molar-refractivity contribution in [2.75, 3.05) is 10.2 Å². The standard InChI is InChI=1S/C34H22ClNS.C18H13NS.C17H10ClF3O3S.CH4.9Y/c35-25-20-17-24(18-21-25)33-27-12-5-4-9-23(27)19-22-30(33)36(26-10-2-1-3-11-26)31-15-8-14-29-28-13-6-7-16-32(28)37-34(29)31;1-2-7-13(8-3-1)19-16-11-6-10-15-14-9-4-5-12-17(14)20-18(15)16;18-13-8-5-12(6-9-13)16-14-4-2-1-3-11(14)7-10-15(16)24-25(22,23)17(19,20)21;;;;;;;;;;/h1-22H;1-12,19H;1-10H;1H4;;;;;;;;;. The van der Waals surface area contributed by atoms with E-state index < -0.39 is 21.4 Å². The van der Waals surface area contributed by atoms with E-state index in [2.05, 4.69) is 190 Å². The third kappa shape index (κ3) is 20.8. The average Bonchev–Trinajstić information content (AvgIpc) is 1.26. The Labute approximate surface area is 779 Å². The molecule has 0 saturated heterocycles. The molecule has 14 rings (SSSR count). The second kappa shape index (κ2) is 41.4. The van der Waals surface area contributed by atoms with Gasteiger partial charge in [0, 0.05) is 358 Å². The summed E-state index contributed by atoms with van der Waals surface area (Å²) in [5, 5.41) is 13.6. The fourth-order valence-corrected chi connectivity index (χ4v) is 13.3. The summed E-state index contributed by atoms with van der Waals surface area (Å²) in [6, 6.07) is 88.5. The van der Waals surface area contributed by atoms with E-state index in [1.165, 1.54) is 80.2 Å². The topological polar surface area (TPSA) is 58.6 Å². The molecule has 0 bridgehead atoms. The molecule has 14 aromatic rings. The first-order valence-corrected chi connectivity index (χ1v) is 29.7. The molecule has 0 amide bonds. The van der Waals surface area contributed by atoms with Gasteiger partial charge in [0.15, 0.2) is 5.75 Å². The summed E-state index contributed by atoms with van der Waals surface area (Å²) >= 11 is 15.9. The summed E-state index contributed by atoms with van der Waals surface area (Å²) in [7, 11) is -5.78. The van der Waals surface area contributed by atoms with Crippen LogP contribution in [0.15, 0.2) is 267 Å². The molecule has 12 aromatic carbocycles. The zero-order chi connectivity index (χ0) is 56.4. The van der Waals surface area contributed by atoms with Gasteiger partial charge in [-0.2, -0.15) is 21.6 Å². The van der Waals surface area contributed by atoms with E-state index in [-0.39, 0.29) is 307 Å². The van der Waals surface area contributed by atoms with Gasteiger partial charge in [-0.05, 0) is 118 Å². The average molecular weight is 1990 g/mol. The molecule has 1 N–H and O–H groups in total. The maximum Gasteiger partial charge on any atom is 0.534 e. The number of nitrogens with one attached hydrogen (secondary N) is 1. The predicted molar refractivity (Wildman–Crippen MR) is 348 cm³/mol. The van der Waals surface area contributed by atoms with Crippen LogP contribution in [0.3, 0.4) is 0 Å². The molecule has 0 atom stereocenters. The molecule has 0 spiro atoms. The van der Waals surface area contributed by atoms with Crippen molar-refractivity contribution in [3.8, 4) is 28.0 Å². The molecule has 92 heavy (non-hydrogen) atoms. The minimum absolute atomic E-state index is 0. The number of hydrogen-bond donors (Lipinski definition) is 1. The van der Waals surface area contributed by atoms with Crippen LogP contribution in [0, 0.1) is 0 Å². The van der Waals surface area contributed by atoms with Gasteiger partial charge in [-0.15, -0.1) is 22.7 Å². The smallest absolute Gasteiger partial charge is 0.375 e. The first-order chi connectivity index (χ1) is 39.9. The van der Waals surface area contributed by atoms with Gasteiger partial charge in [0.25, 0.3) is 0 Å². The van der Waals surface area contributed by atoms with Crippen molar-refractivity contribution in [3.63, 3.8) is 0 Å². The van der Waals surface area contributed by atoms with Gasteiger partial charge < -0.3 is 14.4 Å². The fourth-order valence-electron chi connectivity index (χ4n) is 10.2. The second-order valence-corrected chi connectivity index (χ2v) is 23.5. The molecular formula is C70H49Cl2F3N2O3S3Y9. The Hall–Kier alpha value is 1.26. The van der Waals surface area contributed by atoms with E-state index in [4.69, 9.17) is 23.2 Å².